The van der Waals surface area contributed by atoms with Gasteiger partial charge in [-0.1, -0.05) is 0 Å². The molecule has 0 bridgehead atoms. The highest BCUT2D eigenvalue weighted by molar-refractivity contribution is 5.76. The number of likely N-dealkylation sites (tertiary alicyclic amines) is 1. The molecule has 1 aliphatic heterocycles. The summed E-state index contributed by atoms with van der Waals surface area (Å²) in [6.45, 7) is 4.53. The minimum absolute atomic E-state index is 0.0171. The lowest BCUT2D eigenvalue weighted by atomic mass is 10.1. The largest absolute Gasteiger partial charge is 0.377 e. The number of amides is 3. The van der Waals surface area contributed by atoms with Gasteiger partial charge in [-0.3, -0.25) is 4.79 Å². The zero-order chi connectivity index (χ0) is 17.9. The van der Waals surface area contributed by atoms with E-state index in [1.54, 1.807) is 11.0 Å². The van der Waals surface area contributed by atoms with Crippen LogP contribution in [0, 0.1) is 5.82 Å². The summed E-state index contributed by atoms with van der Waals surface area (Å²) >= 11 is 0. The fraction of sp³-hybridized carbons (Fsp3) is 0.529. The average Bonchev–Trinajstić information content (AvgIpc) is 2.95. The van der Waals surface area contributed by atoms with Crippen LogP contribution in [0.4, 0.5) is 14.9 Å². The SMILES string of the molecule is CC(=O)N1CC[C@@H](NC(=O)NC(C)c2cc(F)ccc2N(C)C)C1. The van der Waals surface area contributed by atoms with E-state index in [0.717, 1.165) is 12.1 Å². The number of anilines is 1. The molecule has 1 aromatic rings. The summed E-state index contributed by atoms with van der Waals surface area (Å²) in [4.78, 5) is 27.1. The molecule has 6 nitrogen and oxygen atoms in total. The van der Waals surface area contributed by atoms with Gasteiger partial charge >= 0.3 is 6.03 Å². The molecule has 0 aromatic heterocycles. The Morgan fingerprint density at radius 1 is 1.38 bits per heavy atom. The number of hydrogen-bond donors (Lipinski definition) is 2. The molecule has 0 radical (unpaired) electrons. The molecule has 0 aliphatic carbocycles. The van der Waals surface area contributed by atoms with Crippen LogP contribution in [-0.4, -0.2) is 50.1 Å². The molecule has 2 N–H and O–H groups in total. The summed E-state index contributed by atoms with van der Waals surface area (Å²) in [5, 5.41) is 5.72. The third-order valence-corrected chi connectivity index (χ3v) is 4.25. The van der Waals surface area contributed by atoms with Crippen LogP contribution >= 0.6 is 0 Å². The summed E-state index contributed by atoms with van der Waals surface area (Å²) in [6, 6.07) is 3.83. The molecule has 24 heavy (non-hydrogen) atoms. The van der Waals surface area contributed by atoms with Crippen LogP contribution in [0.5, 0.6) is 0 Å². The van der Waals surface area contributed by atoms with Gasteiger partial charge in [-0.05, 0) is 31.5 Å². The van der Waals surface area contributed by atoms with Crippen LogP contribution in [0.15, 0.2) is 18.2 Å². The third-order valence-electron chi connectivity index (χ3n) is 4.25. The predicted molar refractivity (Wildman–Crippen MR) is 91.5 cm³/mol. The zero-order valence-corrected chi connectivity index (χ0v) is 14.6. The number of nitrogens with one attached hydrogen (secondary N) is 2. The Kier molecular flexibility index (Phi) is 5.64. The van der Waals surface area contributed by atoms with Crippen molar-refractivity contribution >= 4 is 17.6 Å². The van der Waals surface area contributed by atoms with E-state index >= 15 is 0 Å². The first-order valence-corrected chi connectivity index (χ1v) is 8.07. The summed E-state index contributed by atoms with van der Waals surface area (Å²) < 4.78 is 13.6. The average molecular weight is 336 g/mol. The van der Waals surface area contributed by atoms with Crippen molar-refractivity contribution in [2.24, 2.45) is 0 Å². The molecule has 1 heterocycles. The van der Waals surface area contributed by atoms with E-state index in [0.29, 0.717) is 18.7 Å². The number of urea groups is 1. The zero-order valence-electron chi connectivity index (χ0n) is 14.6. The lowest BCUT2D eigenvalue weighted by molar-refractivity contribution is -0.127. The Labute approximate surface area is 142 Å². The van der Waals surface area contributed by atoms with Crippen molar-refractivity contribution in [3.8, 4) is 0 Å². The van der Waals surface area contributed by atoms with Crippen LogP contribution < -0.4 is 15.5 Å². The van der Waals surface area contributed by atoms with Crippen molar-refractivity contribution < 1.29 is 14.0 Å². The number of halogens is 1. The summed E-state index contributed by atoms with van der Waals surface area (Å²) in [5.41, 5.74) is 1.57. The molecular formula is C17H25FN4O2. The lowest BCUT2D eigenvalue weighted by Crippen LogP contribution is -2.44. The number of nitrogens with zero attached hydrogens (tertiary/aromatic N) is 2. The number of rotatable bonds is 4. The second kappa shape index (κ2) is 7.51. The molecule has 1 aliphatic rings. The van der Waals surface area contributed by atoms with E-state index in [4.69, 9.17) is 0 Å². The summed E-state index contributed by atoms with van der Waals surface area (Å²) in [6.07, 6.45) is 0.740. The molecule has 1 unspecified atom stereocenters. The van der Waals surface area contributed by atoms with Gasteiger partial charge in [0.25, 0.3) is 0 Å². The topological polar surface area (TPSA) is 64.7 Å². The minimum Gasteiger partial charge on any atom is -0.377 e. The maximum atomic E-state index is 13.6. The highest BCUT2D eigenvalue weighted by Crippen LogP contribution is 2.26. The second-order valence-corrected chi connectivity index (χ2v) is 6.39. The smallest absolute Gasteiger partial charge is 0.315 e. The van der Waals surface area contributed by atoms with Gasteiger partial charge in [0, 0.05) is 51.4 Å². The molecular weight excluding hydrogens is 311 g/mol. The summed E-state index contributed by atoms with van der Waals surface area (Å²) in [5.74, 6) is -0.319. The third kappa shape index (κ3) is 4.37. The molecule has 0 spiro atoms. The molecule has 1 aromatic carbocycles. The van der Waals surface area contributed by atoms with Crippen molar-refractivity contribution in [2.45, 2.75) is 32.4 Å². The van der Waals surface area contributed by atoms with E-state index in [2.05, 4.69) is 10.6 Å². The molecule has 1 fully saturated rings. The second-order valence-electron chi connectivity index (χ2n) is 6.39. The molecule has 3 amide bonds. The molecule has 0 saturated carbocycles. The van der Waals surface area contributed by atoms with Crippen LogP contribution in [0.25, 0.3) is 0 Å². The Bertz CT molecular complexity index is 621. The van der Waals surface area contributed by atoms with Crippen LogP contribution in [0.1, 0.15) is 31.9 Å². The maximum Gasteiger partial charge on any atom is 0.315 e. The van der Waals surface area contributed by atoms with E-state index in [1.807, 2.05) is 25.9 Å². The predicted octanol–water partition coefficient (Wildman–Crippen LogP) is 1.87. The minimum atomic E-state index is -0.344. The molecule has 2 atom stereocenters. The van der Waals surface area contributed by atoms with Gasteiger partial charge in [0.05, 0.1) is 6.04 Å². The summed E-state index contributed by atoms with van der Waals surface area (Å²) in [7, 11) is 3.75. The highest BCUT2D eigenvalue weighted by atomic mass is 19.1. The van der Waals surface area contributed by atoms with Crippen molar-refractivity contribution in [1.29, 1.82) is 0 Å². The fourth-order valence-electron chi connectivity index (χ4n) is 2.95. The van der Waals surface area contributed by atoms with Crippen LogP contribution in [0.3, 0.4) is 0 Å². The molecule has 1 saturated heterocycles. The van der Waals surface area contributed by atoms with Crippen molar-refractivity contribution in [2.75, 3.05) is 32.1 Å². The van der Waals surface area contributed by atoms with E-state index in [-0.39, 0.29) is 29.8 Å². The molecule has 132 valence electrons. The Hall–Kier alpha value is -2.31. The maximum absolute atomic E-state index is 13.6. The van der Waals surface area contributed by atoms with E-state index < -0.39 is 0 Å². The Morgan fingerprint density at radius 3 is 2.67 bits per heavy atom. The van der Waals surface area contributed by atoms with Crippen molar-refractivity contribution in [3.63, 3.8) is 0 Å². The molecule has 7 heteroatoms. The van der Waals surface area contributed by atoms with Crippen LogP contribution in [0.2, 0.25) is 0 Å². The molecule has 2 rings (SSSR count). The number of carbonyl (C=O) groups excluding carboxylic acids is 2. The Balaban J connectivity index is 1.97. The Morgan fingerprint density at radius 2 is 2.08 bits per heavy atom. The van der Waals surface area contributed by atoms with Crippen molar-refractivity contribution in [1.82, 2.24) is 15.5 Å². The van der Waals surface area contributed by atoms with Gasteiger partial charge in [0.1, 0.15) is 5.82 Å². The van der Waals surface area contributed by atoms with Gasteiger partial charge in [0.15, 0.2) is 0 Å². The highest BCUT2D eigenvalue weighted by Gasteiger charge is 2.26. The van der Waals surface area contributed by atoms with Gasteiger partial charge in [-0.2, -0.15) is 0 Å². The fourth-order valence-corrected chi connectivity index (χ4v) is 2.95. The van der Waals surface area contributed by atoms with Gasteiger partial charge in [-0.15, -0.1) is 0 Å². The normalized spacial score (nSPS) is 18.2. The van der Waals surface area contributed by atoms with Crippen molar-refractivity contribution in [3.05, 3.63) is 29.6 Å². The van der Waals surface area contributed by atoms with Gasteiger partial charge < -0.3 is 20.4 Å². The van der Waals surface area contributed by atoms with E-state index in [1.165, 1.54) is 19.1 Å². The standard InChI is InChI=1S/C17H25FN4O2/c1-11(15-9-13(18)5-6-16(15)21(3)4)19-17(24)20-14-7-8-22(10-14)12(2)23/h5-6,9,11,14H,7-8,10H2,1-4H3,(H2,19,20,24)/t11?,14-/m1/s1. The van der Waals surface area contributed by atoms with Gasteiger partial charge in [-0.25, -0.2) is 9.18 Å². The quantitative estimate of drug-likeness (QED) is 0.882. The van der Waals surface area contributed by atoms with Crippen LogP contribution in [-0.2, 0) is 4.79 Å². The number of benzene rings is 1. The number of carbonyl (C=O) groups is 2. The van der Waals surface area contributed by atoms with Gasteiger partial charge in [0.2, 0.25) is 5.91 Å². The first-order chi connectivity index (χ1) is 11.3. The monoisotopic (exact) mass is 336 g/mol. The first kappa shape index (κ1) is 18.0. The number of hydrogen-bond acceptors (Lipinski definition) is 3. The van der Waals surface area contributed by atoms with E-state index in [9.17, 15) is 14.0 Å². The lowest BCUT2D eigenvalue weighted by Gasteiger charge is -2.23. The first-order valence-electron chi connectivity index (χ1n) is 8.07.